The summed E-state index contributed by atoms with van der Waals surface area (Å²) < 4.78 is 5.74. The van der Waals surface area contributed by atoms with Crippen molar-refractivity contribution in [1.82, 2.24) is 10.3 Å². The van der Waals surface area contributed by atoms with Crippen LogP contribution in [0.4, 0.5) is 0 Å². The molecule has 1 aromatic heterocycles. The zero-order valence-electron chi connectivity index (χ0n) is 12.4. The van der Waals surface area contributed by atoms with E-state index in [2.05, 4.69) is 31.1 Å². The summed E-state index contributed by atoms with van der Waals surface area (Å²) >= 11 is 0. The summed E-state index contributed by atoms with van der Waals surface area (Å²) in [5.74, 6) is 0.878. The highest BCUT2D eigenvalue weighted by atomic mass is 16.5. The first-order chi connectivity index (χ1) is 9.63. The third-order valence-electron chi connectivity index (χ3n) is 2.96. The Labute approximate surface area is 121 Å². The fraction of sp³-hybridized carbons (Fsp3) is 0.353. The molecule has 0 aliphatic heterocycles. The van der Waals surface area contributed by atoms with Crippen molar-refractivity contribution in [3.05, 3.63) is 59.4 Å². The van der Waals surface area contributed by atoms with E-state index in [-0.39, 0.29) is 0 Å². The van der Waals surface area contributed by atoms with Crippen LogP contribution >= 0.6 is 0 Å². The maximum absolute atomic E-state index is 5.74. The smallest absolute Gasteiger partial charge is 0.130 e. The van der Waals surface area contributed by atoms with E-state index in [0.29, 0.717) is 12.6 Å². The number of nitrogens with one attached hydrogen (secondary N) is 1. The van der Waals surface area contributed by atoms with Gasteiger partial charge in [0.25, 0.3) is 0 Å². The molecule has 2 aromatic rings. The largest absolute Gasteiger partial charge is 0.487 e. The molecule has 0 atom stereocenters. The number of ether oxygens (including phenoxy) is 1. The molecule has 0 radical (unpaired) electrons. The lowest BCUT2D eigenvalue weighted by molar-refractivity contribution is 0.301. The molecule has 0 saturated carbocycles. The molecule has 0 aliphatic carbocycles. The Balaban J connectivity index is 1.92. The highest BCUT2D eigenvalue weighted by Crippen LogP contribution is 2.13. The maximum atomic E-state index is 5.74. The van der Waals surface area contributed by atoms with Gasteiger partial charge in [-0.2, -0.15) is 0 Å². The van der Waals surface area contributed by atoms with Gasteiger partial charge in [0.05, 0.1) is 11.4 Å². The lowest BCUT2D eigenvalue weighted by atomic mass is 10.2. The molecule has 20 heavy (non-hydrogen) atoms. The van der Waals surface area contributed by atoms with Crippen molar-refractivity contribution >= 4 is 0 Å². The molecule has 3 heteroatoms. The number of hydrogen-bond donors (Lipinski definition) is 1. The van der Waals surface area contributed by atoms with Gasteiger partial charge < -0.3 is 10.1 Å². The Morgan fingerprint density at radius 3 is 2.45 bits per heavy atom. The topological polar surface area (TPSA) is 34.1 Å². The van der Waals surface area contributed by atoms with Crippen molar-refractivity contribution in [3.63, 3.8) is 0 Å². The number of aryl methyl sites for hydroxylation is 1. The first kappa shape index (κ1) is 14.5. The van der Waals surface area contributed by atoms with Gasteiger partial charge in [-0.25, -0.2) is 0 Å². The summed E-state index contributed by atoms with van der Waals surface area (Å²) in [5, 5.41) is 3.37. The van der Waals surface area contributed by atoms with E-state index in [1.54, 1.807) is 0 Å². The Morgan fingerprint density at radius 2 is 1.75 bits per heavy atom. The predicted molar refractivity (Wildman–Crippen MR) is 81.7 cm³/mol. The number of rotatable bonds is 6. The van der Waals surface area contributed by atoms with Gasteiger partial charge in [-0.05, 0) is 31.2 Å². The Morgan fingerprint density at radius 1 is 1.05 bits per heavy atom. The Kier molecular flexibility index (Phi) is 5.13. The first-order valence-corrected chi connectivity index (χ1v) is 7.01. The molecule has 2 rings (SSSR count). The molecule has 1 aromatic carbocycles. The molecule has 0 fully saturated rings. The molecule has 0 amide bonds. The van der Waals surface area contributed by atoms with Crippen LogP contribution in [0.3, 0.4) is 0 Å². The van der Waals surface area contributed by atoms with Crippen LogP contribution in [0, 0.1) is 6.92 Å². The van der Waals surface area contributed by atoms with Gasteiger partial charge >= 0.3 is 0 Å². The average molecular weight is 270 g/mol. The first-order valence-electron chi connectivity index (χ1n) is 7.01. The maximum Gasteiger partial charge on any atom is 0.130 e. The molecular weight excluding hydrogens is 248 g/mol. The van der Waals surface area contributed by atoms with Gasteiger partial charge in [0.1, 0.15) is 12.4 Å². The van der Waals surface area contributed by atoms with Gasteiger partial charge in [0.15, 0.2) is 0 Å². The summed E-state index contributed by atoms with van der Waals surface area (Å²) in [7, 11) is 0. The summed E-state index contributed by atoms with van der Waals surface area (Å²) in [6.07, 6.45) is 0. The van der Waals surface area contributed by atoms with E-state index >= 15 is 0 Å². The van der Waals surface area contributed by atoms with E-state index in [9.17, 15) is 0 Å². The summed E-state index contributed by atoms with van der Waals surface area (Å²) in [6, 6.07) is 14.6. The van der Waals surface area contributed by atoms with Gasteiger partial charge in [0, 0.05) is 12.6 Å². The van der Waals surface area contributed by atoms with E-state index < -0.39 is 0 Å². The van der Waals surface area contributed by atoms with E-state index in [0.717, 1.165) is 23.7 Å². The van der Waals surface area contributed by atoms with Crippen LogP contribution in [-0.2, 0) is 13.2 Å². The van der Waals surface area contributed by atoms with E-state index in [4.69, 9.17) is 4.74 Å². The van der Waals surface area contributed by atoms with E-state index in [1.165, 1.54) is 5.56 Å². The van der Waals surface area contributed by atoms with Crippen molar-refractivity contribution in [1.29, 1.82) is 0 Å². The molecule has 0 bridgehead atoms. The quantitative estimate of drug-likeness (QED) is 0.872. The number of nitrogens with zero attached hydrogens (tertiary/aromatic N) is 1. The van der Waals surface area contributed by atoms with Crippen molar-refractivity contribution in [3.8, 4) is 5.75 Å². The molecular formula is C17H22N2O. The van der Waals surface area contributed by atoms with Gasteiger partial charge in [0.2, 0.25) is 0 Å². The van der Waals surface area contributed by atoms with Crippen molar-refractivity contribution in [2.75, 3.05) is 0 Å². The number of hydrogen-bond acceptors (Lipinski definition) is 3. The zero-order chi connectivity index (χ0) is 14.4. The number of pyridine rings is 1. The molecule has 0 saturated heterocycles. The molecule has 106 valence electrons. The number of aromatic nitrogens is 1. The second kappa shape index (κ2) is 7.06. The van der Waals surface area contributed by atoms with Crippen LogP contribution in [-0.4, -0.2) is 11.0 Å². The average Bonchev–Trinajstić information content (AvgIpc) is 2.45. The van der Waals surface area contributed by atoms with Gasteiger partial charge in [-0.1, -0.05) is 37.6 Å². The Hall–Kier alpha value is -1.87. The second-order valence-corrected chi connectivity index (χ2v) is 5.26. The monoisotopic (exact) mass is 270 g/mol. The van der Waals surface area contributed by atoms with Crippen molar-refractivity contribution in [2.24, 2.45) is 0 Å². The third-order valence-corrected chi connectivity index (χ3v) is 2.96. The summed E-state index contributed by atoms with van der Waals surface area (Å²) in [4.78, 5) is 4.59. The summed E-state index contributed by atoms with van der Waals surface area (Å²) in [5.41, 5.74) is 3.23. The lowest BCUT2D eigenvalue weighted by Crippen LogP contribution is -2.22. The van der Waals surface area contributed by atoms with Crippen LogP contribution in [0.15, 0.2) is 42.5 Å². The second-order valence-electron chi connectivity index (χ2n) is 5.26. The van der Waals surface area contributed by atoms with Gasteiger partial charge in [-0.3, -0.25) is 4.98 Å². The van der Waals surface area contributed by atoms with Crippen molar-refractivity contribution < 1.29 is 4.74 Å². The molecule has 0 unspecified atom stereocenters. The van der Waals surface area contributed by atoms with Crippen LogP contribution < -0.4 is 10.1 Å². The lowest BCUT2D eigenvalue weighted by Gasteiger charge is -2.09. The zero-order valence-corrected chi connectivity index (χ0v) is 12.4. The minimum Gasteiger partial charge on any atom is -0.487 e. The molecule has 1 heterocycles. The van der Waals surface area contributed by atoms with Gasteiger partial charge in [-0.15, -0.1) is 0 Å². The highest BCUT2D eigenvalue weighted by Gasteiger charge is 2.01. The fourth-order valence-corrected chi connectivity index (χ4v) is 1.81. The minimum absolute atomic E-state index is 0.462. The van der Waals surface area contributed by atoms with Crippen LogP contribution in [0.5, 0.6) is 5.75 Å². The normalized spacial score (nSPS) is 10.8. The predicted octanol–water partition coefficient (Wildman–Crippen LogP) is 3.47. The highest BCUT2D eigenvalue weighted by molar-refractivity contribution is 5.26. The fourth-order valence-electron chi connectivity index (χ4n) is 1.81. The molecule has 1 N–H and O–H groups in total. The standard InChI is InChI=1S/C17H22N2O/c1-13(2)18-11-15-5-4-6-16(19-15)12-20-17-9-7-14(3)8-10-17/h4-10,13,18H,11-12H2,1-3H3. The molecule has 0 spiro atoms. The van der Waals surface area contributed by atoms with Crippen LogP contribution in [0.2, 0.25) is 0 Å². The number of benzene rings is 1. The molecule has 0 aliphatic rings. The molecule has 3 nitrogen and oxygen atoms in total. The third kappa shape index (κ3) is 4.67. The van der Waals surface area contributed by atoms with Crippen LogP contribution in [0.1, 0.15) is 30.8 Å². The minimum atomic E-state index is 0.462. The van der Waals surface area contributed by atoms with Crippen LogP contribution in [0.25, 0.3) is 0 Å². The summed E-state index contributed by atoms with van der Waals surface area (Å²) in [6.45, 7) is 7.61. The van der Waals surface area contributed by atoms with Crippen molar-refractivity contribution in [2.45, 2.75) is 40.0 Å². The van der Waals surface area contributed by atoms with E-state index in [1.807, 2.05) is 42.5 Å². The SMILES string of the molecule is Cc1ccc(OCc2cccc(CNC(C)C)n2)cc1. The Bertz CT molecular complexity index is 535.